The van der Waals surface area contributed by atoms with E-state index >= 15 is 0 Å². The molecule has 4 nitrogen and oxygen atoms in total. The third-order valence-corrected chi connectivity index (χ3v) is 5.91. The van der Waals surface area contributed by atoms with Gasteiger partial charge < -0.3 is 9.84 Å². The molecule has 1 aliphatic rings. The van der Waals surface area contributed by atoms with Crippen LogP contribution in [0.1, 0.15) is 28.7 Å². The zero-order chi connectivity index (χ0) is 20.4. The Kier molecular flexibility index (Phi) is 6.06. The molecule has 1 heterocycles. The van der Waals surface area contributed by atoms with Gasteiger partial charge in [0.15, 0.2) is 0 Å². The zero-order valence-electron chi connectivity index (χ0n) is 15.3. The van der Waals surface area contributed by atoms with Crippen LogP contribution in [0.3, 0.4) is 0 Å². The maximum atomic E-state index is 13.2. The molecule has 0 aromatic heterocycles. The van der Waals surface area contributed by atoms with Gasteiger partial charge >= 0.3 is 0 Å². The summed E-state index contributed by atoms with van der Waals surface area (Å²) in [6, 6.07) is 17.6. The summed E-state index contributed by atoms with van der Waals surface area (Å²) in [5, 5.41) is 10.9. The van der Waals surface area contributed by atoms with Gasteiger partial charge in [0.1, 0.15) is 23.9 Å². The number of aromatic hydroxyl groups is 1. The van der Waals surface area contributed by atoms with E-state index in [1.165, 1.54) is 17.7 Å². The van der Waals surface area contributed by atoms with E-state index in [1.807, 2.05) is 24.3 Å². The fourth-order valence-electron chi connectivity index (χ4n) is 3.49. The summed E-state index contributed by atoms with van der Waals surface area (Å²) in [6.45, 7) is 0.940. The lowest BCUT2D eigenvalue weighted by Gasteiger charge is -2.21. The highest BCUT2D eigenvalue weighted by atomic mass is 79.9. The molecule has 1 saturated heterocycles. The largest absolute Gasteiger partial charge is 0.507 e. The van der Waals surface area contributed by atoms with Crippen molar-refractivity contribution in [3.8, 4) is 11.5 Å². The predicted octanol–water partition coefficient (Wildman–Crippen LogP) is 5.46. The Hall–Kier alpha value is -2.12. The first kappa shape index (κ1) is 20.2. The maximum Gasteiger partial charge on any atom is 0.124 e. The Morgan fingerprint density at radius 3 is 2.62 bits per heavy atom. The average Bonchev–Trinajstić information content (AvgIpc) is 3.17. The van der Waals surface area contributed by atoms with E-state index in [2.05, 4.69) is 38.9 Å². The third kappa shape index (κ3) is 4.56. The highest BCUT2D eigenvalue weighted by Crippen LogP contribution is 2.39. The van der Waals surface area contributed by atoms with Gasteiger partial charge in [-0.05, 0) is 35.9 Å². The molecule has 7 heteroatoms. The van der Waals surface area contributed by atoms with E-state index in [1.54, 1.807) is 12.1 Å². The summed E-state index contributed by atoms with van der Waals surface area (Å²) < 4.78 is 19.9. The number of halogens is 3. The van der Waals surface area contributed by atoms with Crippen LogP contribution in [-0.4, -0.2) is 11.7 Å². The first-order valence-corrected chi connectivity index (χ1v) is 10.3. The second kappa shape index (κ2) is 8.71. The fraction of sp³-hybridized carbons (Fsp3) is 0.182. The van der Waals surface area contributed by atoms with Crippen molar-refractivity contribution in [2.75, 3.05) is 6.54 Å². The van der Waals surface area contributed by atoms with Gasteiger partial charge in [-0.2, -0.15) is 0 Å². The van der Waals surface area contributed by atoms with E-state index in [4.69, 9.17) is 16.3 Å². The molecule has 2 atom stereocenters. The zero-order valence-corrected chi connectivity index (χ0v) is 17.7. The van der Waals surface area contributed by atoms with Crippen molar-refractivity contribution in [1.29, 1.82) is 0 Å². The molecule has 3 aromatic carbocycles. The molecular formula is C22H19BrClFN2O2. The summed E-state index contributed by atoms with van der Waals surface area (Å²) in [7, 11) is 0. The van der Waals surface area contributed by atoms with Crippen LogP contribution in [0.4, 0.5) is 4.39 Å². The van der Waals surface area contributed by atoms with Crippen molar-refractivity contribution in [3.63, 3.8) is 0 Å². The molecule has 2 unspecified atom stereocenters. The molecule has 150 valence electrons. The molecule has 1 fully saturated rings. The number of phenols is 1. The quantitative estimate of drug-likeness (QED) is 0.457. The Labute approximate surface area is 181 Å². The van der Waals surface area contributed by atoms with Crippen LogP contribution in [0.2, 0.25) is 5.02 Å². The first-order chi connectivity index (χ1) is 14.0. The van der Waals surface area contributed by atoms with E-state index in [0.717, 1.165) is 16.6 Å². The number of phenolic OH excluding ortho intramolecular Hbond substituents is 1. The second-order valence-electron chi connectivity index (χ2n) is 6.91. The van der Waals surface area contributed by atoms with Crippen molar-refractivity contribution in [2.24, 2.45) is 0 Å². The van der Waals surface area contributed by atoms with Crippen molar-refractivity contribution in [2.45, 2.75) is 18.6 Å². The fourth-order valence-corrected chi connectivity index (χ4v) is 3.97. The molecule has 0 radical (unpaired) electrons. The number of rotatable bonds is 5. The predicted molar refractivity (Wildman–Crippen MR) is 115 cm³/mol. The van der Waals surface area contributed by atoms with Gasteiger partial charge in [-0.3, -0.25) is 5.43 Å². The molecule has 3 aromatic rings. The molecular weight excluding hydrogens is 459 g/mol. The average molecular weight is 478 g/mol. The Balaban J connectivity index is 1.50. The lowest BCUT2D eigenvalue weighted by molar-refractivity contribution is 0.303. The van der Waals surface area contributed by atoms with Crippen LogP contribution < -0.4 is 15.6 Å². The Bertz CT molecular complexity index is 1020. The molecule has 0 spiro atoms. The van der Waals surface area contributed by atoms with Crippen LogP contribution in [-0.2, 0) is 6.61 Å². The van der Waals surface area contributed by atoms with Gasteiger partial charge in [0.25, 0.3) is 0 Å². The summed E-state index contributed by atoms with van der Waals surface area (Å²) in [5.41, 5.74) is 9.08. The van der Waals surface area contributed by atoms with Crippen LogP contribution in [0.15, 0.2) is 65.1 Å². The number of hydrogen-bond acceptors (Lipinski definition) is 4. The van der Waals surface area contributed by atoms with Gasteiger partial charge in [-0.15, -0.1) is 0 Å². The molecule has 29 heavy (non-hydrogen) atoms. The number of nitrogens with one attached hydrogen (secondary N) is 2. The third-order valence-electron chi connectivity index (χ3n) is 5.03. The van der Waals surface area contributed by atoms with Crippen LogP contribution in [0.25, 0.3) is 0 Å². The summed E-state index contributed by atoms with van der Waals surface area (Å²) in [5.74, 6) is 0.450. The Morgan fingerprint density at radius 2 is 1.90 bits per heavy atom. The maximum absolute atomic E-state index is 13.2. The smallest absolute Gasteiger partial charge is 0.124 e. The van der Waals surface area contributed by atoms with E-state index in [-0.39, 0.29) is 24.3 Å². The summed E-state index contributed by atoms with van der Waals surface area (Å²) in [4.78, 5) is 0. The van der Waals surface area contributed by atoms with E-state index in [0.29, 0.717) is 16.3 Å². The van der Waals surface area contributed by atoms with Gasteiger partial charge in [-0.1, -0.05) is 51.8 Å². The normalized spacial score (nSPS) is 18.7. The highest BCUT2D eigenvalue weighted by Gasteiger charge is 2.31. The van der Waals surface area contributed by atoms with Crippen molar-refractivity contribution < 1.29 is 14.2 Å². The molecule has 0 saturated carbocycles. The Morgan fingerprint density at radius 1 is 1.10 bits per heavy atom. The first-order valence-electron chi connectivity index (χ1n) is 9.15. The van der Waals surface area contributed by atoms with Gasteiger partial charge in [-0.25, -0.2) is 9.82 Å². The summed E-state index contributed by atoms with van der Waals surface area (Å²) >= 11 is 9.50. The SMILES string of the molecule is Oc1cc(OCc2ccc(F)cc2Cl)ccc1C1NNCC1c1ccc(Br)cc1. The minimum Gasteiger partial charge on any atom is -0.507 e. The molecule has 3 N–H and O–H groups in total. The van der Waals surface area contributed by atoms with Crippen LogP contribution in [0.5, 0.6) is 11.5 Å². The van der Waals surface area contributed by atoms with Crippen LogP contribution in [0, 0.1) is 5.82 Å². The molecule has 1 aliphatic heterocycles. The monoisotopic (exact) mass is 476 g/mol. The molecule has 0 amide bonds. The van der Waals surface area contributed by atoms with Crippen molar-refractivity contribution in [3.05, 3.63) is 92.7 Å². The number of hydrazine groups is 1. The van der Waals surface area contributed by atoms with Crippen molar-refractivity contribution in [1.82, 2.24) is 10.9 Å². The molecule has 4 rings (SSSR count). The molecule has 0 bridgehead atoms. The lowest BCUT2D eigenvalue weighted by atomic mass is 9.88. The van der Waals surface area contributed by atoms with Crippen LogP contribution >= 0.6 is 27.5 Å². The van der Waals surface area contributed by atoms with Gasteiger partial charge in [0.2, 0.25) is 0 Å². The minimum absolute atomic E-state index is 0.0724. The van der Waals surface area contributed by atoms with E-state index in [9.17, 15) is 9.50 Å². The number of ether oxygens (including phenoxy) is 1. The lowest BCUT2D eigenvalue weighted by Crippen LogP contribution is -2.25. The number of hydrogen-bond donors (Lipinski definition) is 3. The minimum atomic E-state index is -0.390. The van der Waals surface area contributed by atoms with Gasteiger partial charge in [0, 0.05) is 34.1 Å². The van der Waals surface area contributed by atoms with Crippen molar-refractivity contribution >= 4 is 27.5 Å². The topological polar surface area (TPSA) is 53.5 Å². The standard InChI is InChI=1S/C22H19BrClFN2O2/c23-15-4-1-13(2-5-15)19-11-26-27-22(19)18-8-7-17(10-21(18)28)29-12-14-3-6-16(25)9-20(14)24/h1-10,19,22,26-28H,11-12H2. The highest BCUT2D eigenvalue weighted by molar-refractivity contribution is 9.10. The van der Waals surface area contributed by atoms with E-state index < -0.39 is 5.82 Å². The molecule has 0 aliphatic carbocycles. The van der Waals surface area contributed by atoms with Gasteiger partial charge in [0.05, 0.1) is 11.1 Å². The summed E-state index contributed by atoms with van der Waals surface area (Å²) in [6.07, 6.45) is 0. The second-order valence-corrected chi connectivity index (χ2v) is 8.23. The number of benzene rings is 3.